The van der Waals surface area contributed by atoms with Crippen LogP contribution in [-0.4, -0.2) is 47.4 Å². The monoisotopic (exact) mass is 280 g/mol. The summed E-state index contributed by atoms with van der Waals surface area (Å²) in [6.45, 7) is 2.00. The third kappa shape index (κ3) is 4.03. The fourth-order valence-electron chi connectivity index (χ4n) is 2.17. The predicted octanol–water partition coefficient (Wildman–Crippen LogP) is 1.42. The summed E-state index contributed by atoms with van der Waals surface area (Å²) in [5.74, 6) is -0.411. The third-order valence-corrected chi connectivity index (χ3v) is 3.45. The molecule has 0 aromatic heterocycles. The van der Waals surface area contributed by atoms with E-state index in [2.05, 4.69) is 17.3 Å². The maximum Gasteiger partial charge on any atom is 0.407 e. The molecule has 0 bridgehead atoms. The van der Waals surface area contributed by atoms with Crippen LogP contribution in [0.25, 0.3) is 0 Å². The van der Waals surface area contributed by atoms with Gasteiger partial charge < -0.3 is 25.2 Å². The third-order valence-electron chi connectivity index (χ3n) is 3.45. The number of aromatic hydroxyl groups is 2. The fourth-order valence-corrected chi connectivity index (χ4v) is 2.17. The van der Waals surface area contributed by atoms with Gasteiger partial charge in [0, 0.05) is 6.04 Å². The van der Waals surface area contributed by atoms with Gasteiger partial charge in [-0.1, -0.05) is 6.07 Å². The van der Waals surface area contributed by atoms with Crippen LogP contribution in [0.3, 0.4) is 0 Å². The first-order valence-electron chi connectivity index (χ1n) is 6.67. The van der Waals surface area contributed by atoms with Crippen LogP contribution in [0.4, 0.5) is 4.79 Å². The number of hydrogen-bond acceptors (Lipinski definition) is 5. The van der Waals surface area contributed by atoms with Gasteiger partial charge in [0.2, 0.25) is 0 Å². The molecular weight excluding hydrogens is 260 g/mol. The Labute approximate surface area is 118 Å². The smallest absolute Gasteiger partial charge is 0.407 e. The number of amides is 1. The van der Waals surface area contributed by atoms with Crippen molar-refractivity contribution in [3.8, 4) is 11.5 Å². The molecule has 0 atom stereocenters. The maximum absolute atomic E-state index is 11.7. The van der Waals surface area contributed by atoms with Gasteiger partial charge in [-0.25, -0.2) is 4.79 Å². The van der Waals surface area contributed by atoms with Crippen molar-refractivity contribution in [2.45, 2.75) is 25.5 Å². The minimum Gasteiger partial charge on any atom is -0.504 e. The van der Waals surface area contributed by atoms with Crippen molar-refractivity contribution in [3.63, 3.8) is 0 Å². The number of nitrogens with zero attached hydrogens (tertiary/aromatic N) is 1. The molecule has 6 nitrogen and oxygen atoms in total. The predicted molar refractivity (Wildman–Crippen MR) is 73.6 cm³/mol. The summed E-state index contributed by atoms with van der Waals surface area (Å²) in [7, 11) is 2.06. The van der Waals surface area contributed by atoms with E-state index in [4.69, 9.17) is 4.74 Å². The highest BCUT2D eigenvalue weighted by atomic mass is 16.5. The van der Waals surface area contributed by atoms with Crippen molar-refractivity contribution in [1.29, 1.82) is 0 Å². The Morgan fingerprint density at radius 2 is 2.05 bits per heavy atom. The first kappa shape index (κ1) is 14.5. The molecule has 1 amide bonds. The van der Waals surface area contributed by atoms with Gasteiger partial charge in [0.25, 0.3) is 0 Å². The van der Waals surface area contributed by atoms with E-state index in [1.807, 2.05) is 0 Å². The first-order chi connectivity index (χ1) is 9.54. The van der Waals surface area contributed by atoms with Crippen molar-refractivity contribution < 1.29 is 19.7 Å². The molecular formula is C14H20N2O4. The van der Waals surface area contributed by atoms with Crippen LogP contribution in [0, 0.1) is 0 Å². The average Bonchev–Trinajstić information content (AvgIpc) is 2.43. The molecule has 110 valence electrons. The number of alkyl carbamates (subject to hydrolysis) is 1. The second-order valence-electron chi connectivity index (χ2n) is 5.12. The fraction of sp³-hybridized carbons (Fsp3) is 0.500. The van der Waals surface area contributed by atoms with Crippen molar-refractivity contribution in [2.24, 2.45) is 0 Å². The lowest BCUT2D eigenvalue weighted by atomic mass is 10.1. The summed E-state index contributed by atoms with van der Waals surface area (Å²) in [6, 6.07) is 4.49. The van der Waals surface area contributed by atoms with E-state index in [-0.39, 0.29) is 24.1 Å². The quantitative estimate of drug-likeness (QED) is 0.729. The highest BCUT2D eigenvalue weighted by Gasteiger charge is 2.18. The Hall–Kier alpha value is -1.95. The first-order valence-corrected chi connectivity index (χ1v) is 6.67. The minimum atomic E-state index is -0.452. The van der Waals surface area contributed by atoms with Crippen LogP contribution in [0.2, 0.25) is 0 Å². The van der Waals surface area contributed by atoms with E-state index < -0.39 is 6.09 Å². The number of rotatable bonds is 3. The summed E-state index contributed by atoms with van der Waals surface area (Å²) in [6.07, 6.45) is 1.39. The number of benzene rings is 1. The molecule has 0 radical (unpaired) electrons. The molecule has 0 saturated carbocycles. The highest BCUT2D eigenvalue weighted by molar-refractivity contribution is 5.67. The lowest BCUT2D eigenvalue weighted by Crippen LogP contribution is -2.43. The van der Waals surface area contributed by atoms with E-state index >= 15 is 0 Å². The van der Waals surface area contributed by atoms with Crippen LogP contribution in [-0.2, 0) is 11.3 Å². The van der Waals surface area contributed by atoms with Crippen LogP contribution < -0.4 is 5.32 Å². The second kappa shape index (κ2) is 6.47. The van der Waals surface area contributed by atoms with Crippen molar-refractivity contribution >= 4 is 6.09 Å². The van der Waals surface area contributed by atoms with Gasteiger partial charge >= 0.3 is 6.09 Å². The molecule has 20 heavy (non-hydrogen) atoms. The van der Waals surface area contributed by atoms with Crippen molar-refractivity contribution in [2.75, 3.05) is 20.1 Å². The molecule has 1 aromatic carbocycles. The van der Waals surface area contributed by atoms with Crippen molar-refractivity contribution in [3.05, 3.63) is 23.8 Å². The molecule has 1 saturated heterocycles. The van der Waals surface area contributed by atoms with Gasteiger partial charge in [0.15, 0.2) is 11.5 Å². The molecule has 2 rings (SSSR count). The van der Waals surface area contributed by atoms with Gasteiger partial charge in [-0.05, 0) is 50.7 Å². The normalized spacial score (nSPS) is 16.9. The van der Waals surface area contributed by atoms with Gasteiger partial charge in [-0.2, -0.15) is 0 Å². The van der Waals surface area contributed by atoms with Gasteiger partial charge in [0.1, 0.15) is 6.61 Å². The zero-order valence-electron chi connectivity index (χ0n) is 11.5. The molecule has 6 heteroatoms. The molecule has 1 aliphatic rings. The number of phenols is 2. The minimum absolute atomic E-state index is 0.0618. The van der Waals surface area contributed by atoms with E-state index in [0.29, 0.717) is 5.56 Å². The zero-order valence-corrected chi connectivity index (χ0v) is 11.5. The lowest BCUT2D eigenvalue weighted by molar-refractivity contribution is 0.129. The molecule has 0 aliphatic carbocycles. The van der Waals surface area contributed by atoms with Crippen LogP contribution in [0.5, 0.6) is 11.5 Å². The Morgan fingerprint density at radius 3 is 2.70 bits per heavy atom. The Bertz CT molecular complexity index is 470. The molecule has 0 unspecified atom stereocenters. The van der Waals surface area contributed by atoms with Gasteiger partial charge in [-0.3, -0.25) is 0 Å². The molecule has 1 heterocycles. The summed E-state index contributed by atoms with van der Waals surface area (Å²) in [5.41, 5.74) is 0.624. The van der Waals surface area contributed by atoms with E-state index in [9.17, 15) is 15.0 Å². The maximum atomic E-state index is 11.7. The number of ether oxygens (including phenoxy) is 1. The molecule has 1 aliphatic heterocycles. The molecule has 1 fully saturated rings. The molecule has 1 aromatic rings. The summed E-state index contributed by atoms with van der Waals surface area (Å²) in [5, 5.41) is 21.4. The molecule has 0 spiro atoms. The Kier molecular flexibility index (Phi) is 4.68. The number of likely N-dealkylation sites (tertiary alicyclic amines) is 1. The van der Waals surface area contributed by atoms with Crippen LogP contribution in [0.15, 0.2) is 18.2 Å². The average molecular weight is 280 g/mol. The van der Waals surface area contributed by atoms with E-state index in [1.54, 1.807) is 6.07 Å². The lowest BCUT2D eigenvalue weighted by Gasteiger charge is -2.29. The van der Waals surface area contributed by atoms with Crippen LogP contribution in [0.1, 0.15) is 18.4 Å². The largest absolute Gasteiger partial charge is 0.504 e. The molecule has 3 N–H and O–H groups in total. The number of carbonyl (C=O) groups is 1. The Morgan fingerprint density at radius 1 is 1.35 bits per heavy atom. The second-order valence-corrected chi connectivity index (χ2v) is 5.12. The summed E-state index contributed by atoms with van der Waals surface area (Å²) in [4.78, 5) is 13.9. The number of hydrogen-bond donors (Lipinski definition) is 3. The number of piperidine rings is 1. The Balaban J connectivity index is 1.76. The van der Waals surface area contributed by atoms with Crippen molar-refractivity contribution in [1.82, 2.24) is 10.2 Å². The number of carbonyl (C=O) groups excluding carboxylic acids is 1. The number of phenolic OH excluding ortho intramolecular Hbond substituents is 2. The van der Waals surface area contributed by atoms with Crippen LogP contribution >= 0.6 is 0 Å². The summed E-state index contributed by atoms with van der Waals surface area (Å²) >= 11 is 0. The van der Waals surface area contributed by atoms with Gasteiger partial charge in [-0.15, -0.1) is 0 Å². The van der Waals surface area contributed by atoms with Gasteiger partial charge in [0.05, 0.1) is 0 Å². The standard InChI is InChI=1S/C14H20N2O4/c1-16-6-4-11(5-7-16)15-14(19)20-9-10-2-3-12(17)13(18)8-10/h2-3,8,11,17-18H,4-7,9H2,1H3,(H,15,19). The highest BCUT2D eigenvalue weighted by Crippen LogP contribution is 2.25. The van der Waals surface area contributed by atoms with E-state index in [1.165, 1.54) is 12.1 Å². The number of nitrogens with one attached hydrogen (secondary N) is 1. The zero-order chi connectivity index (χ0) is 14.5. The summed E-state index contributed by atoms with van der Waals surface area (Å²) < 4.78 is 5.10. The topological polar surface area (TPSA) is 82.0 Å². The SMILES string of the molecule is CN1CCC(NC(=O)OCc2ccc(O)c(O)c2)CC1. The van der Waals surface area contributed by atoms with E-state index in [0.717, 1.165) is 25.9 Å².